The molecular weight excluding hydrogens is 244 g/mol. The van der Waals surface area contributed by atoms with Crippen LogP contribution >= 0.6 is 11.8 Å². The van der Waals surface area contributed by atoms with Crippen LogP contribution in [0.1, 0.15) is 32.0 Å². The lowest BCUT2D eigenvalue weighted by atomic mass is 10.2. The average Bonchev–Trinajstić information content (AvgIpc) is 2.76. The van der Waals surface area contributed by atoms with Gasteiger partial charge in [0, 0.05) is 24.4 Å². The molecule has 1 fully saturated rings. The maximum atomic E-state index is 4.45. The fourth-order valence-electron chi connectivity index (χ4n) is 2.44. The number of nitrogens with zero attached hydrogens (tertiary/aromatic N) is 2. The Morgan fingerprint density at radius 3 is 2.83 bits per heavy atom. The van der Waals surface area contributed by atoms with Crippen molar-refractivity contribution in [2.75, 3.05) is 23.4 Å². The normalized spacial score (nSPS) is 23.1. The summed E-state index contributed by atoms with van der Waals surface area (Å²) in [6.07, 6.45) is 3.81. The summed E-state index contributed by atoms with van der Waals surface area (Å²) < 4.78 is 0. The fourth-order valence-corrected chi connectivity index (χ4v) is 3.58. The Hall–Kier alpha value is -0.970. The van der Waals surface area contributed by atoms with Gasteiger partial charge < -0.3 is 10.6 Å². The number of hydrogen-bond acceptors (Lipinski definition) is 5. The highest BCUT2D eigenvalue weighted by atomic mass is 32.2. The van der Waals surface area contributed by atoms with Crippen molar-refractivity contribution in [1.82, 2.24) is 9.97 Å². The van der Waals surface area contributed by atoms with Crippen LogP contribution in [0.4, 0.5) is 11.6 Å². The molecule has 0 aromatic carbocycles. The van der Waals surface area contributed by atoms with Gasteiger partial charge in [-0.1, -0.05) is 6.92 Å². The number of hydrogen-bond donors (Lipinski definition) is 2. The van der Waals surface area contributed by atoms with Gasteiger partial charge in [-0.15, -0.1) is 0 Å². The monoisotopic (exact) mass is 266 g/mol. The highest BCUT2D eigenvalue weighted by Gasteiger charge is 2.24. The van der Waals surface area contributed by atoms with E-state index in [0.717, 1.165) is 22.7 Å². The summed E-state index contributed by atoms with van der Waals surface area (Å²) in [5.74, 6) is 3.84. The molecule has 0 bridgehead atoms. The van der Waals surface area contributed by atoms with Gasteiger partial charge in [0.25, 0.3) is 0 Å². The van der Waals surface area contributed by atoms with Gasteiger partial charge in [-0.3, -0.25) is 0 Å². The quantitative estimate of drug-likeness (QED) is 0.858. The molecule has 4 nitrogen and oxygen atoms in total. The van der Waals surface area contributed by atoms with E-state index in [1.54, 1.807) is 0 Å². The van der Waals surface area contributed by atoms with Crippen molar-refractivity contribution < 1.29 is 0 Å². The summed E-state index contributed by atoms with van der Waals surface area (Å²) >= 11 is 2.08. The molecule has 2 rings (SSSR count). The molecular formula is C13H22N4S. The lowest BCUT2D eigenvalue weighted by Gasteiger charge is -2.14. The number of nitrogens with one attached hydrogen (secondary N) is 2. The van der Waals surface area contributed by atoms with Gasteiger partial charge in [-0.2, -0.15) is 11.8 Å². The van der Waals surface area contributed by atoms with Gasteiger partial charge in [0.1, 0.15) is 17.5 Å². The highest BCUT2D eigenvalue weighted by Crippen LogP contribution is 2.31. The van der Waals surface area contributed by atoms with Crippen LogP contribution in [0.25, 0.3) is 0 Å². The van der Waals surface area contributed by atoms with E-state index in [2.05, 4.69) is 39.3 Å². The minimum absolute atomic E-state index is 0.563. The summed E-state index contributed by atoms with van der Waals surface area (Å²) in [6, 6.07) is 2.54. The highest BCUT2D eigenvalue weighted by molar-refractivity contribution is 7.99. The molecule has 0 spiro atoms. The molecule has 0 amide bonds. The first-order valence-electron chi connectivity index (χ1n) is 6.62. The predicted octanol–water partition coefficient (Wildman–Crippen LogP) is 2.91. The van der Waals surface area contributed by atoms with Crippen molar-refractivity contribution in [3.63, 3.8) is 0 Å². The standard InChI is InChI=1S/C13H22N4S/c1-4-18-11-6-5-10(7-11)17-13-8-12(14-3)15-9(2)16-13/h8,10-11H,4-7H2,1-3H3,(H2,14,15,16,17). The van der Waals surface area contributed by atoms with Gasteiger partial charge in [0.05, 0.1) is 0 Å². The summed E-state index contributed by atoms with van der Waals surface area (Å²) in [5.41, 5.74) is 0. The molecule has 2 atom stereocenters. The van der Waals surface area contributed by atoms with E-state index < -0.39 is 0 Å². The third kappa shape index (κ3) is 3.51. The van der Waals surface area contributed by atoms with Crippen LogP contribution < -0.4 is 10.6 Å². The van der Waals surface area contributed by atoms with Crippen molar-refractivity contribution in [2.24, 2.45) is 0 Å². The van der Waals surface area contributed by atoms with E-state index in [1.807, 2.05) is 20.0 Å². The largest absolute Gasteiger partial charge is 0.373 e. The number of rotatable bonds is 5. The van der Waals surface area contributed by atoms with Gasteiger partial charge in [-0.25, -0.2) is 9.97 Å². The Morgan fingerprint density at radius 2 is 2.11 bits per heavy atom. The van der Waals surface area contributed by atoms with Crippen molar-refractivity contribution in [3.05, 3.63) is 11.9 Å². The molecule has 1 aromatic rings. The SMILES string of the molecule is CCSC1CCC(Nc2cc(NC)nc(C)n2)C1. The number of aryl methyl sites for hydroxylation is 1. The third-order valence-corrected chi connectivity index (χ3v) is 4.47. The van der Waals surface area contributed by atoms with E-state index in [-0.39, 0.29) is 0 Å². The smallest absolute Gasteiger partial charge is 0.132 e. The Kier molecular flexibility index (Phi) is 4.69. The van der Waals surface area contributed by atoms with E-state index >= 15 is 0 Å². The molecule has 0 radical (unpaired) electrons. The van der Waals surface area contributed by atoms with Crippen LogP contribution in [0, 0.1) is 6.92 Å². The maximum absolute atomic E-state index is 4.45. The van der Waals surface area contributed by atoms with Crippen LogP contribution in [0.3, 0.4) is 0 Å². The molecule has 5 heteroatoms. The first kappa shape index (κ1) is 13.5. The molecule has 1 heterocycles. The Morgan fingerprint density at radius 1 is 1.33 bits per heavy atom. The van der Waals surface area contributed by atoms with Crippen LogP contribution in [-0.2, 0) is 0 Å². The molecule has 100 valence electrons. The minimum atomic E-state index is 0.563. The van der Waals surface area contributed by atoms with Gasteiger partial charge >= 0.3 is 0 Å². The Balaban J connectivity index is 1.95. The van der Waals surface area contributed by atoms with Crippen LogP contribution in [0.5, 0.6) is 0 Å². The average molecular weight is 266 g/mol. The second-order valence-electron chi connectivity index (χ2n) is 4.67. The molecule has 1 saturated carbocycles. The summed E-state index contributed by atoms with van der Waals surface area (Å²) in [5, 5.41) is 7.43. The first-order chi connectivity index (χ1) is 8.71. The van der Waals surface area contributed by atoms with Gasteiger partial charge in [0.2, 0.25) is 0 Å². The van der Waals surface area contributed by atoms with E-state index in [0.29, 0.717) is 6.04 Å². The third-order valence-electron chi connectivity index (χ3n) is 3.23. The topological polar surface area (TPSA) is 49.8 Å². The van der Waals surface area contributed by atoms with Crippen molar-refractivity contribution in [2.45, 2.75) is 44.4 Å². The lowest BCUT2D eigenvalue weighted by Crippen LogP contribution is -2.17. The molecule has 18 heavy (non-hydrogen) atoms. The molecule has 0 aliphatic heterocycles. The predicted molar refractivity (Wildman–Crippen MR) is 79.5 cm³/mol. The second kappa shape index (κ2) is 6.27. The maximum Gasteiger partial charge on any atom is 0.132 e. The summed E-state index contributed by atoms with van der Waals surface area (Å²) in [7, 11) is 1.88. The van der Waals surface area contributed by atoms with Crippen molar-refractivity contribution >= 4 is 23.4 Å². The Bertz CT molecular complexity index is 397. The van der Waals surface area contributed by atoms with Crippen molar-refractivity contribution in [3.8, 4) is 0 Å². The van der Waals surface area contributed by atoms with Crippen LogP contribution in [-0.4, -0.2) is 34.1 Å². The Labute approximate surface area is 113 Å². The zero-order valence-electron chi connectivity index (χ0n) is 11.4. The van der Waals surface area contributed by atoms with Crippen LogP contribution in [0.15, 0.2) is 6.07 Å². The fraction of sp³-hybridized carbons (Fsp3) is 0.692. The lowest BCUT2D eigenvalue weighted by molar-refractivity contribution is 0.750. The van der Waals surface area contributed by atoms with Crippen LogP contribution in [0.2, 0.25) is 0 Å². The number of thioether (sulfide) groups is 1. The number of aromatic nitrogens is 2. The molecule has 1 aliphatic carbocycles. The second-order valence-corrected chi connectivity index (χ2v) is 6.24. The first-order valence-corrected chi connectivity index (χ1v) is 7.67. The number of anilines is 2. The zero-order chi connectivity index (χ0) is 13.0. The molecule has 2 N–H and O–H groups in total. The van der Waals surface area contributed by atoms with E-state index in [1.165, 1.54) is 25.0 Å². The zero-order valence-corrected chi connectivity index (χ0v) is 12.2. The molecule has 1 aromatic heterocycles. The summed E-state index contributed by atoms with van der Waals surface area (Å²) in [4.78, 5) is 8.75. The summed E-state index contributed by atoms with van der Waals surface area (Å²) in [6.45, 7) is 4.16. The van der Waals surface area contributed by atoms with E-state index in [4.69, 9.17) is 0 Å². The molecule has 1 aliphatic rings. The molecule has 2 unspecified atom stereocenters. The van der Waals surface area contributed by atoms with Gasteiger partial charge in [-0.05, 0) is 31.9 Å². The van der Waals surface area contributed by atoms with Gasteiger partial charge in [0.15, 0.2) is 0 Å². The van der Waals surface area contributed by atoms with Crippen molar-refractivity contribution in [1.29, 1.82) is 0 Å². The molecule has 0 saturated heterocycles. The van der Waals surface area contributed by atoms with E-state index in [9.17, 15) is 0 Å². The minimum Gasteiger partial charge on any atom is -0.373 e.